The van der Waals surface area contributed by atoms with E-state index < -0.39 is 0 Å². The first-order chi connectivity index (χ1) is 3.34. The van der Waals surface area contributed by atoms with Crippen molar-refractivity contribution in [3.8, 4) is 6.07 Å². The van der Waals surface area contributed by atoms with E-state index in [0.717, 1.165) is 6.42 Å². The first-order valence-corrected chi connectivity index (χ1v) is 2.74. The molecule has 0 aliphatic heterocycles. The minimum atomic E-state index is 0.389. The third kappa shape index (κ3) is 0.608. The molecule has 0 aromatic heterocycles. The highest BCUT2D eigenvalue weighted by atomic mass is 14.4. The summed E-state index contributed by atoms with van der Waals surface area (Å²) in [6.45, 7) is 2.14. The molecule has 0 heterocycles. The summed E-state index contributed by atoms with van der Waals surface area (Å²) in [7, 11) is 0. The molecule has 2 atom stereocenters. The molecule has 0 radical (unpaired) electrons. The summed E-state index contributed by atoms with van der Waals surface area (Å²) >= 11 is 0. The summed E-state index contributed by atoms with van der Waals surface area (Å²) in [6, 6.07) is 2.25. The van der Waals surface area contributed by atoms with E-state index >= 15 is 0 Å². The Morgan fingerprint density at radius 2 is 2.29 bits per heavy atom. The van der Waals surface area contributed by atoms with Crippen molar-refractivity contribution in [3.63, 3.8) is 0 Å². The van der Waals surface area contributed by atoms with E-state index in [9.17, 15) is 0 Å². The van der Waals surface area contributed by atoms with E-state index in [-0.39, 0.29) is 0 Å². The van der Waals surface area contributed by atoms with E-state index in [4.69, 9.17) is 5.26 Å². The van der Waals surface area contributed by atoms with E-state index in [1.807, 2.05) is 0 Å². The van der Waals surface area contributed by atoms with Gasteiger partial charge < -0.3 is 0 Å². The molecule has 1 aliphatic rings. The summed E-state index contributed by atoms with van der Waals surface area (Å²) in [6.07, 6.45) is 2.40. The predicted molar refractivity (Wildman–Crippen MR) is 27.5 cm³/mol. The summed E-state index contributed by atoms with van der Waals surface area (Å²) in [5, 5.41) is 8.31. The second-order valence-electron chi connectivity index (χ2n) is 2.29. The highest BCUT2D eigenvalue weighted by Gasteiger charge is 2.25. The fourth-order valence-corrected chi connectivity index (χ4v) is 0.858. The smallest absolute Gasteiger partial charge is 0.0658 e. The molecule has 0 unspecified atom stereocenters. The van der Waals surface area contributed by atoms with Crippen LogP contribution in [0.3, 0.4) is 0 Å². The highest BCUT2D eigenvalue weighted by molar-refractivity contribution is 4.93. The van der Waals surface area contributed by atoms with Crippen LogP contribution in [0.4, 0.5) is 0 Å². The van der Waals surface area contributed by atoms with Crippen LogP contribution < -0.4 is 0 Å². The Morgan fingerprint density at radius 1 is 1.57 bits per heavy atom. The fraction of sp³-hybridized carbons (Fsp3) is 0.833. The third-order valence-corrected chi connectivity index (χ3v) is 1.79. The molecule has 0 aromatic carbocycles. The Balaban J connectivity index is 2.33. The Morgan fingerprint density at radius 3 is 2.29 bits per heavy atom. The van der Waals surface area contributed by atoms with Crippen LogP contribution in [0, 0.1) is 23.2 Å². The average molecular weight is 95.1 g/mol. The number of hydrogen-bond acceptors (Lipinski definition) is 1. The zero-order chi connectivity index (χ0) is 5.28. The van der Waals surface area contributed by atoms with Gasteiger partial charge in [-0.1, -0.05) is 6.92 Å². The Kier molecular flexibility index (Phi) is 1.02. The molecule has 7 heavy (non-hydrogen) atoms. The van der Waals surface area contributed by atoms with E-state index in [1.54, 1.807) is 0 Å². The third-order valence-electron chi connectivity index (χ3n) is 1.79. The van der Waals surface area contributed by atoms with Crippen LogP contribution in [0.1, 0.15) is 19.8 Å². The monoisotopic (exact) mass is 95.1 g/mol. The van der Waals surface area contributed by atoms with Crippen LogP contribution in [-0.4, -0.2) is 0 Å². The molecule has 1 heteroatoms. The summed E-state index contributed by atoms with van der Waals surface area (Å²) in [5.74, 6) is 1.07. The normalized spacial score (nSPS) is 38.9. The molecule has 38 valence electrons. The molecule has 0 saturated heterocycles. The fourth-order valence-electron chi connectivity index (χ4n) is 0.858. The van der Waals surface area contributed by atoms with Gasteiger partial charge in [0.05, 0.1) is 6.07 Å². The molecule has 0 spiro atoms. The number of rotatable bonds is 0. The van der Waals surface area contributed by atoms with Crippen molar-refractivity contribution in [1.29, 1.82) is 5.26 Å². The van der Waals surface area contributed by atoms with Crippen molar-refractivity contribution in [1.82, 2.24) is 0 Å². The van der Waals surface area contributed by atoms with Crippen molar-refractivity contribution in [2.24, 2.45) is 11.8 Å². The quantitative estimate of drug-likeness (QED) is 0.448. The van der Waals surface area contributed by atoms with Crippen molar-refractivity contribution < 1.29 is 0 Å². The van der Waals surface area contributed by atoms with E-state index in [1.165, 1.54) is 6.42 Å². The Labute approximate surface area is 44.0 Å². The predicted octanol–water partition coefficient (Wildman–Crippen LogP) is 1.56. The van der Waals surface area contributed by atoms with Gasteiger partial charge in [-0.2, -0.15) is 5.26 Å². The lowest BCUT2D eigenvalue weighted by Gasteiger charge is -2.26. The van der Waals surface area contributed by atoms with Gasteiger partial charge in [0.25, 0.3) is 0 Å². The SMILES string of the molecule is C[C@@H]1CC[C@@H]1C#N. The molecule has 0 bridgehead atoms. The van der Waals surface area contributed by atoms with Crippen LogP contribution in [-0.2, 0) is 0 Å². The minimum absolute atomic E-state index is 0.389. The summed E-state index contributed by atoms with van der Waals surface area (Å²) < 4.78 is 0. The van der Waals surface area contributed by atoms with Crippen LogP contribution in [0.2, 0.25) is 0 Å². The van der Waals surface area contributed by atoms with E-state index in [2.05, 4.69) is 13.0 Å². The lowest BCUT2D eigenvalue weighted by Crippen LogP contribution is -2.20. The maximum absolute atomic E-state index is 8.31. The molecule has 1 rings (SSSR count). The first-order valence-electron chi connectivity index (χ1n) is 2.74. The maximum atomic E-state index is 8.31. The van der Waals surface area contributed by atoms with Gasteiger partial charge in [-0.3, -0.25) is 0 Å². The van der Waals surface area contributed by atoms with Gasteiger partial charge in [0.15, 0.2) is 0 Å². The van der Waals surface area contributed by atoms with Crippen LogP contribution in [0.15, 0.2) is 0 Å². The summed E-state index contributed by atoms with van der Waals surface area (Å²) in [4.78, 5) is 0. The topological polar surface area (TPSA) is 23.8 Å². The molecule has 1 saturated carbocycles. The molecule has 0 amide bonds. The summed E-state index contributed by atoms with van der Waals surface area (Å²) in [5.41, 5.74) is 0. The largest absolute Gasteiger partial charge is 0.198 e. The zero-order valence-electron chi connectivity index (χ0n) is 4.52. The lowest BCUT2D eigenvalue weighted by molar-refractivity contribution is 0.259. The zero-order valence-corrected chi connectivity index (χ0v) is 4.52. The second-order valence-corrected chi connectivity index (χ2v) is 2.29. The van der Waals surface area contributed by atoms with Crippen LogP contribution >= 0.6 is 0 Å². The molecule has 1 fully saturated rings. The van der Waals surface area contributed by atoms with Crippen LogP contribution in [0.5, 0.6) is 0 Å². The number of nitrogens with zero attached hydrogens (tertiary/aromatic N) is 1. The average Bonchev–Trinajstić information content (AvgIpc) is 1.65. The van der Waals surface area contributed by atoms with Gasteiger partial charge in [0.2, 0.25) is 0 Å². The van der Waals surface area contributed by atoms with Gasteiger partial charge in [-0.05, 0) is 18.8 Å². The number of hydrogen-bond donors (Lipinski definition) is 0. The van der Waals surface area contributed by atoms with Crippen LogP contribution in [0.25, 0.3) is 0 Å². The minimum Gasteiger partial charge on any atom is -0.198 e. The second kappa shape index (κ2) is 1.54. The number of nitriles is 1. The van der Waals surface area contributed by atoms with Gasteiger partial charge in [-0.15, -0.1) is 0 Å². The first kappa shape index (κ1) is 4.64. The molecular formula is C6H9N. The van der Waals surface area contributed by atoms with Crippen molar-refractivity contribution in [2.45, 2.75) is 19.8 Å². The van der Waals surface area contributed by atoms with Crippen molar-refractivity contribution in [3.05, 3.63) is 0 Å². The van der Waals surface area contributed by atoms with Gasteiger partial charge in [0.1, 0.15) is 0 Å². The van der Waals surface area contributed by atoms with E-state index in [0.29, 0.717) is 11.8 Å². The Hall–Kier alpha value is -0.510. The van der Waals surface area contributed by atoms with Gasteiger partial charge in [-0.25, -0.2) is 0 Å². The standard InChI is InChI=1S/C6H9N/c1-5-2-3-6(5)4-7/h5-6H,2-3H2,1H3/t5-,6-/m1/s1. The van der Waals surface area contributed by atoms with Crippen molar-refractivity contribution >= 4 is 0 Å². The molecule has 0 N–H and O–H groups in total. The van der Waals surface area contributed by atoms with Crippen molar-refractivity contribution in [2.75, 3.05) is 0 Å². The molecule has 1 nitrogen and oxygen atoms in total. The highest BCUT2D eigenvalue weighted by Crippen LogP contribution is 2.32. The van der Waals surface area contributed by atoms with Gasteiger partial charge >= 0.3 is 0 Å². The van der Waals surface area contributed by atoms with Gasteiger partial charge in [0, 0.05) is 5.92 Å². The maximum Gasteiger partial charge on any atom is 0.0658 e. The molecule has 1 aliphatic carbocycles. The molecular weight excluding hydrogens is 86.1 g/mol. The molecule has 0 aromatic rings. The Bertz CT molecular complexity index is 101. The lowest BCUT2D eigenvalue weighted by atomic mass is 9.76.